The first kappa shape index (κ1) is 11.2. The van der Waals surface area contributed by atoms with Crippen LogP contribution in [0.4, 0.5) is 0 Å². The van der Waals surface area contributed by atoms with Gasteiger partial charge in [0, 0.05) is 9.90 Å². The third kappa shape index (κ3) is 2.44. The van der Waals surface area contributed by atoms with Gasteiger partial charge in [-0.3, -0.25) is 0 Å². The summed E-state index contributed by atoms with van der Waals surface area (Å²) in [6.07, 6.45) is 0. The van der Waals surface area contributed by atoms with Gasteiger partial charge in [0.15, 0.2) is 0 Å². The Labute approximate surface area is 107 Å². The number of hydrogen-bond acceptors (Lipinski definition) is 1. The van der Waals surface area contributed by atoms with Crippen molar-refractivity contribution in [2.75, 3.05) is 0 Å². The molecule has 1 heterocycles. The molecule has 0 aliphatic heterocycles. The molecule has 2 aromatic rings. The lowest BCUT2D eigenvalue weighted by Gasteiger charge is -2.11. The summed E-state index contributed by atoms with van der Waals surface area (Å²) in [6, 6.07) is 10.2. The highest BCUT2D eigenvalue weighted by atomic mass is 79.9. The van der Waals surface area contributed by atoms with Crippen LogP contribution in [0.25, 0.3) is 0 Å². The number of halogens is 2. The van der Waals surface area contributed by atoms with E-state index in [1.165, 1.54) is 16.0 Å². The van der Waals surface area contributed by atoms with Crippen molar-refractivity contribution in [1.82, 2.24) is 0 Å². The highest BCUT2D eigenvalue weighted by molar-refractivity contribution is 9.09. The van der Waals surface area contributed by atoms with Crippen LogP contribution in [0.15, 0.2) is 35.7 Å². The molecule has 2 rings (SSSR count). The Morgan fingerprint density at radius 1 is 1.33 bits per heavy atom. The Hall–Kier alpha value is -0.310. The van der Waals surface area contributed by atoms with E-state index in [0.29, 0.717) is 0 Å². The van der Waals surface area contributed by atoms with Gasteiger partial charge in [-0.05, 0) is 41.6 Å². The van der Waals surface area contributed by atoms with Gasteiger partial charge < -0.3 is 0 Å². The third-order valence-electron chi connectivity index (χ3n) is 2.31. The zero-order chi connectivity index (χ0) is 10.8. The monoisotopic (exact) mass is 300 g/mol. The molecule has 0 nitrogen and oxygen atoms in total. The second-order valence-corrected chi connectivity index (χ2v) is 5.71. The Balaban J connectivity index is 2.41. The van der Waals surface area contributed by atoms with E-state index in [-0.39, 0.29) is 4.83 Å². The second kappa shape index (κ2) is 4.69. The molecule has 0 aliphatic rings. The molecular formula is C12H10BrClS. The number of benzene rings is 1. The Morgan fingerprint density at radius 2 is 2.13 bits per heavy atom. The van der Waals surface area contributed by atoms with E-state index in [2.05, 4.69) is 46.4 Å². The maximum atomic E-state index is 6.00. The number of hydrogen-bond donors (Lipinski definition) is 0. The van der Waals surface area contributed by atoms with Gasteiger partial charge in [-0.15, -0.1) is 11.3 Å². The van der Waals surface area contributed by atoms with E-state index in [0.717, 1.165) is 5.02 Å². The predicted molar refractivity (Wildman–Crippen MR) is 71.3 cm³/mol. The first-order valence-electron chi connectivity index (χ1n) is 4.62. The van der Waals surface area contributed by atoms with Crippen molar-refractivity contribution in [3.63, 3.8) is 0 Å². The Kier molecular flexibility index (Phi) is 3.49. The molecule has 0 spiro atoms. The van der Waals surface area contributed by atoms with Crippen molar-refractivity contribution in [2.45, 2.75) is 11.8 Å². The molecule has 0 fully saturated rings. The minimum Gasteiger partial charge on any atom is -0.147 e. The number of rotatable bonds is 2. The van der Waals surface area contributed by atoms with E-state index in [1.54, 1.807) is 11.3 Å². The molecule has 15 heavy (non-hydrogen) atoms. The molecule has 0 bridgehead atoms. The highest BCUT2D eigenvalue weighted by Gasteiger charge is 2.13. The van der Waals surface area contributed by atoms with Gasteiger partial charge in [0.05, 0.1) is 4.83 Å². The molecule has 1 atom stereocenters. The van der Waals surface area contributed by atoms with Gasteiger partial charge in [0.1, 0.15) is 0 Å². The minimum absolute atomic E-state index is 0.246. The van der Waals surface area contributed by atoms with Crippen LogP contribution >= 0.6 is 38.9 Å². The van der Waals surface area contributed by atoms with E-state index in [9.17, 15) is 0 Å². The fourth-order valence-electron chi connectivity index (χ4n) is 1.47. The van der Waals surface area contributed by atoms with Crippen molar-refractivity contribution >= 4 is 38.9 Å². The van der Waals surface area contributed by atoms with Crippen LogP contribution in [0.1, 0.15) is 20.8 Å². The van der Waals surface area contributed by atoms with Gasteiger partial charge in [0.2, 0.25) is 0 Å². The van der Waals surface area contributed by atoms with Crippen molar-refractivity contribution < 1.29 is 0 Å². The fourth-order valence-corrected chi connectivity index (χ4v) is 3.34. The molecule has 78 valence electrons. The lowest BCUT2D eigenvalue weighted by Crippen LogP contribution is -1.93. The molecule has 1 aromatic carbocycles. The van der Waals surface area contributed by atoms with Crippen LogP contribution < -0.4 is 0 Å². The Bertz CT molecular complexity index is 451. The summed E-state index contributed by atoms with van der Waals surface area (Å²) in [5, 5.41) is 2.88. The van der Waals surface area contributed by atoms with Crippen LogP contribution in [0.3, 0.4) is 0 Å². The summed E-state index contributed by atoms with van der Waals surface area (Å²) in [5.41, 5.74) is 2.50. The normalized spacial score (nSPS) is 12.7. The third-order valence-corrected chi connectivity index (χ3v) is 4.77. The highest BCUT2D eigenvalue weighted by Crippen LogP contribution is 2.36. The van der Waals surface area contributed by atoms with Crippen molar-refractivity contribution in [1.29, 1.82) is 0 Å². The molecule has 0 N–H and O–H groups in total. The maximum Gasteiger partial charge on any atom is 0.0741 e. The van der Waals surface area contributed by atoms with Gasteiger partial charge in [-0.1, -0.05) is 39.7 Å². The minimum atomic E-state index is 0.246. The van der Waals surface area contributed by atoms with Gasteiger partial charge >= 0.3 is 0 Å². The molecule has 3 heteroatoms. The van der Waals surface area contributed by atoms with Gasteiger partial charge in [-0.2, -0.15) is 0 Å². The van der Waals surface area contributed by atoms with E-state index >= 15 is 0 Å². The van der Waals surface area contributed by atoms with Crippen molar-refractivity contribution in [3.8, 4) is 0 Å². The number of alkyl halides is 1. The lowest BCUT2D eigenvalue weighted by atomic mass is 10.1. The van der Waals surface area contributed by atoms with Crippen LogP contribution in [0, 0.1) is 6.92 Å². The first-order chi connectivity index (χ1) is 7.18. The standard InChI is InChI=1S/C12H10BrClS/c1-8-4-5-9(14)7-10(8)12(13)11-3-2-6-15-11/h2-7,12H,1H3. The average Bonchev–Trinajstić information content (AvgIpc) is 2.74. The summed E-state index contributed by atoms with van der Waals surface area (Å²) in [7, 11) is 0. The van der Waals surface area contributed by atoms with Crippen molar-refractivity contribution in [3.05, 3.63) is 56.7 Å². The summed E-state index contributed by atoms with van der Waals surface area (Å²) in [5.74, 6) is 0. The molecule has 1 aromatic heterocycles. The second-order valence-electron chi connectivity index (χ2n) is 3.38. The van der Waals surface area contributed by atoms with Gasteiger partial charge in [0.25, 0.3) is 0 Å². The van der Waals surface area contributed by atoms with Gasteiger partial charge in [-0.25, -0.2) is 0 Å². The molecule has 0 saturated heterocycles. The molecule has 0 radical (unpaired) electrons. The molecule has 0 amide bonds. The first-order valence-corrected chi connectivity index (χ1v) is 6.79. The summed E-state index contributed by atoms with van der Waals surface area (Å²) in [4.78, 5) is 1.55. The largest absolute Gasteiger partial charge is 0.147 e. The molecular weight excluding hydrogens is 292 g/mol. The Morgan fingerprint density at radius 3 is 2.80 bits per heavy atom. The van der Waals surface area contributed by atoms with E-state index < -0.39 is 0 Å². The quantitative estimate of drug-likeness (QED) is 0.669. The summed E-state index contributed by atoms with van der Waals surface area (Å²) >= 11 is 11.5. The number of thiophene rings is 1. The zero-order valence-corrected chi connectivity index (χ0v) is 11.4. The SMILES string of the molecule is Cc1ccc(Cl)cc1C(Br)c1cccs1. The molecule has 0 saturated carbocycles. The van der Waals surface area contributed by atoms with E-state index in [1.807, 2.05) is 12.1 Å². The van der Waals surface area contributed by atoms with Crippen LogP contribution in [0.5, 0.6) is 0 Å². The van der Waals surface area contributed by atoms with Crippen LogP contribution in [0.2, 0.25) is 5.02 Å². The zero-order valence-electron chi connectivity index (χ0n) is 8.21. The van der Waals surface area contributed by atoms with Crippen LogP contribution in [-0.2, 0) is 0 Å². The average molecular weight is 302 g/mol. The topological polar surface area (TPSA) is 0 Å². The number of aryl methyl sites for hydroxylation is 1. The van der Waals surface area contributed by atoms with Crippen LogP contribution in [-0.4, -0.2) is 0 Å². The maximum absolute atomic E-state index is 6.00. The van der Waals surface area contributed by atoms with E-state index in [4.69, 9.17) is 11.6 Å². The molecule has 0 aliphatic carbocycles. The summed E-state index contributed by atoms with van der Waals surface area (Å²) in [6.45, 7) is 2.10. The predicted octanol–water partition coefficient (Wildman–Crippen LogP) is 5.19. The smallest absolute Gasteiger partial charge is 0.0741 e. The summed E-state index contributed by atoms with van der Waals surface area (Å²) < 4.78 is 0. The lowest BCUT2D eigenvalue weighted by molar-refractivity contribution is 1.18. The molecule has 1 unspecified atom stereocenters. The van der Waals surface area contributed by atoms with Crippen molar-refractivity contribution in [2.24, 2.45) is 0 Å². The fraction of sp³-hybridized carbons (Fsp3) is 0.167.